The molecule has 3 aliphatic rings. The lowest BCUT2D eigenvalue weighted by molar-refractivity contribution is 0.0342. The lowest BCUT2D eigenvalue weighted by Gasteiger charge is -2.50. The molecule has 1 heterocycles. The number of hydrogen-bond donors (Lipinski definition) is 3. The molecule has 3 fully saturated rings. The maximum atomic E-state index is 14.2. The van der Waals surface area contributed by atoms with Crippen molar-refractivity contribution in [2.45, 2.75) is 141 Å². The van der Waals surface area contributed by atoms with Crippen molar-refractivity contribution in [3.63, 3.8) is 0 Å². The van der Waals surface area contributed by atoms with Gasteiger partial charge in [0, 0.05) is 24.6 Å². The highest BCUT2D eigenvalue weighted by Crippen LogP contribution is 2.47. The maximum Gasteiger partial charge on any atom is 0.273 e. The minimum Gasteiger partial charge on any atom is -0.390 e. The summed E-state index contributed by atoms with van der Waals surface area (Å²) in [5.74, 6) is 1.10. The Morgan fingerprint density at radius 1 is 1.10 bits per heavy atom. The van der Waals surface area contributed by atoms with Gasteiger partial charge in [0.25, 0.3) is 5.91 Å². The Morgan fingerprint density at radius 3 is 2.41 bits per heavy atom. The Bertz CT molecular complexity index is 916. The van der Waals surface area contributed by atoms with Gasteiger partial charge < -0.3 is 20.3 Å². The summed E-state index contributed by atoms with van der Waals surface area (Å²) in [6, 6.07) is 0.914. The SMILES string of the molecule is Cc1cc(C(=O)NC(CC2CC(F)CC(F)C2)C(O)CNC2(C3CCCC(C(C)(C)C)C3)CCCCC2)no1. The van der Waals surface area contributed by atoms with E-state index < -0.39 is 30.4 Å². The van der Waals surface area contributed by atoms with Gasteiger partial charge in [0.2, 0.25) is 0 Å². The molecule has 1 aromatic rings. The topological polar surface area (TPSA) is 87.4 Å². The molecular weight excluding hydrogens is 500 g/mol. The fourth-order valence-corrected chi connectivity index (χ4v) is 7.71. The van der Waals surface area contributed by atoms with E-state index in [0.717, 1.165) is 12.8 Å². The zero-order chi connectivity index (χ0) is 28.2. The van der Waals surface area contributed by atoms with Crippen LogP contribution in [0.4, 0.5) is 8.78 Å². The molecule has 0 spiro atoms. The standard InChI is InChI=1S/C31H51F2N3O3/c1-20-13-27(36-39-20)29(38)35-26(16-21-14-24(32)18-25(33)15-21)28(37)19-34-31(11-6-5-7-12-31)23-10-8-9-22(17-23)30(2,3)4/h13,21-26,28,34,37H,5-12,14-19H2,1-4H3,(H,35,38). The number of hydrogen-bond acceptors (Lipinski definition) is 5. The summed E-state index contributed by atoms with van der Waals surface area (Å²) in [7, 11) is 0. The molecule has 0 bridgehead atoms. The van der Waals surface area contributed by atoms with E-state index in [-0.39, 0.29) is 41.8 Å². The van der Waals surface area contributed by atoms with E-state index in [9.17, 15) is 18.7 Å². The van der Waals surface area contributed by atoms with Gasteiger partial charge in [-0.05, 0) is 81.5 Å². The van der Waals surface area contributed by atoms with Crippen LogP contribution in [0, 0.1) is 30.1 Å². The lowest BCUT2D eigenvalue weighted by atomic mass is 9.61. The number of amides is 1. The maximum absolute atomic E-state index is 14.2. The van der Waals surface area contributed by atoms with Crippen LogP contribution >= 0.6 is 0 Å². The molecule has 6 atom stereocenters. The quantitative estimate of drug-likeness (QED) is 0.328. The average molecular weight is 552 g/mol. The molecule has 6 nitrogen and oxygen atoms in total. The van der Waals surface area contributed by atoms with Crippen LogP contribution in [0.2, 0.25) is 0 Å². The highest BCUT2D eigenvalue weighted by Gasteiger charge is 2.44. The molecule has 4 rings (SSSR count). The van der Waals surface area contributed by atoms with E-state index in [2.05, 4.69) is 36.6 Å². The molecule has 1 aromatic heterocycles. The Kier molecular flexibility index (Phi) is 10.1. The average Bonchev–Trinajstić information content (AvgIpc) is 3.33. The predicted molar refractivity (Wildman–Crippen MR) is 149 cm³/mol. The summed E-state index contributed by atoms with van der Waals surface area (Å²) in [6.07, 6.45) is 8.28. The van der Waals surface area contributed by atoms with E-state index in [0.29, 0.717) is 30.6 Å². The third-order valence-electron chi connectivity index (χ3n) is 10.0. The minimum atomic E-state index is -1.18. The van der Waals surface area contributed by atoms with Gasteiger partial charge in [-0.25, -0.2) is 8.78 Å². The smallest absolute Gasteiger partial charge is 0.273 e. The number of aromatic nitrogens is 1. The van der Waals surface area contributed by atoms with Crippen LogP contribution in [0.5, 0.6) is 0 Å². The van der Waals surface area contributed by atoms with Gasteiger partial charge in [-0.2, -0.15) is 0 Å². The fourth-order valence-electron chi connectivity index (χ4n) is 7.71. The number of nitrogens with one attached hydrogen (secondary N) is 2. The van der Waals surface area contributed by atoms with Crippen molar-refractivity contribution in [3.8, 4) is 0 Å². The number of carbonyl (C=O) groups excluding carboxylic acids is 1. The molecule has 39 heavy (non-hydrogen) atoms. The molecule has 0 aromatic carbocycles. The number of rotatable bonds is 9. The molecule has 1 amide bonds. The summed E-state index contributed by atoms with van der Waals surface area (Å²) in [4.78, 5) is 13.0. The Morgan fingerprint density at radius 2 is 1.79 bits per heavy atom. The summed E-state index contributed by atoms with van der Waals surface area (Å²) in [5, 5.41) is 22.1. The first-order valence-electron chi connectivity index (χ1n) is 15.4. The van der Waals surface area contributed by atoms with Crippen LogP contribution in [-0.2, 0) is 0 Å². The van der Waals surface area contributed by atoms with E-state index in [1.54, 1.807) is 13.0 Å². The van der Waals surface area contributed by atoms with Crippen LogP contribution in [0.3, 0.4) is 0 Å². The van der Waals surface area contributed by atoms with Crippen molar-refractivity contribution < 1.29 is 23.2 Å². The highest BCUT2D eigenvalue weighted by atomic mass is 19.1. The largest absolute Gasteiger partial charge is 0.390 e. The van der Waals surface area contributed by atoms with Crippen LogP contribution in [0.15, 0.2) is 10.6 Å². The van der Waals surface area contributed by atoms with E-state index in [1.165, 1.54) is 44.9 Å². The van der Waals surface area contributed by atoms with Crippen LogP contribution in [-0.4, -0.2) is 52.7 Å². The molecule has 0 saturated heterocycles. The Balaban J connectivity index is 1.47. The highest BCUT2D eigenvalue weighted by molar-refractivity contribution is 5.92. The van der Waals surface area contributed by atoms with Crippen molar-refractivity contribution in [2.75, 3.05) is 6.54 Å². The monoisotopic (exact) mass is 551 g/mol. The third kappa shape index (κ3) is 8.02. The first-order valence-corrected chi connectivity index (χ1v) is 15.4. The van der Waals surface area contributed by atoms with Crippen molar-refractivity contribution >= 4 is 5.91 Å². The van der Waals surface area contributed by atoms with Crippen molar-refractivity contribution in [1.82, 2.24) is 15.8 Å². The summed E-state index contributed by atoms with van der Waals surface area (Å²) >= 11 is 0. The summed E-state index contributed by atoms with van der Waals surface area (Å²) in [5.41, 5.74) is 0.415. The zero-order valence-electron chi connectivity index (χ0n) is 24.5. The number of carbonyl (C=O) groups is 1. The van der Waals surface area contributed by atoms with Crippen LogP contribution in [0.25, 0.3) is 0 Å². The van der Waals surface area contributed by atoms with E-state index >= 15 is 0 Å². The van der Waals surface area contributed by atoms with Gasteiger partial charge in [-0.3, -0.25) is 4.79 Å². The molecule has 8 heteroatoms. The third-order valence-corrected chi connectivity index (χ3v) is 10.0. The fraction of sp³-hybridized carbons (Fsp3) is 0.871. The minimum absolute atomic E-state index is 0.0140. The van der Waals surface area contributed by atoms with Crippen molar-refractivity contribution in [2.24, 2.45) is 23.2 Å². The van der Waals surface area contributed by atoms with Gasteiger partial charge in [0.1, 0.15) is 18.1 Å². The molecule has 6 unspecified atom stereocenters. The van der Waals surface area contributed by atoms with Crippen LogP contribution < -0.4 is 10.6 Å². The number of alkyl halides is 2. The molecule has 3 aliphatic carbocycles. The van der Waals surface area contributed by atoms with Crippen LogP contribution in [0.1, 0.15) is 120 Å². The number of aliphatic hydroxyl groups is 1. The number of nitrogens with zero attached hydrogens (tertiary/aromatic N) is 1. The second kappa shape index (κ2) is 13.0. The number of aryl methyl sites for hydroxylation is 1. The van der Waals surface area contributed by atoms with Gasteiger partial charge in [0.05, 0.1) is 12.1 Å². The van der Waals surface area contributed by atoms with E-state index in [4.69, 9.17) is 4.52 Å². The predicted octanol–water partition coefficient (Wildman–Crippen LogP) is 6.45. The van der Waals surface area contributed by atoms with E-state index in [1.807, 2.05) is 0 Å². The molecular formula is C31H51F2N3O3. The van der Waals surface area contributed by atoms with Gasteiger partial charge >= 0.3 is 0 Å². The molecule has 3 N–H and O–H groups in total. The Hall–Kier alpha value is -1.54. The zero-order valence-corrected chi connectivity index (χ0v) is 24.5. The molecule has 222 valence electrons. The second-order valence-electron chi connectivity index (χ2n) is 14.0. The number of halogens is 2. The first-order chi connectivity index (χ1) is 18.4. The molecule has 3 saturated carbocycles. The van der Waals surface area contributed by atoms with Gasteiger partial charge in [-0.15, -0.1) is 0 Å². The normalized spacial score (nSPS) is 31.4. The Labute approximate surface area is 233 Å². The molecule has 0 radical (unpaired) electrons. The summed E-state index contributed by atoms with van der Waals surface area (Å²) < 4.78 is 33.5. The number of β-amino-alcohol motifs (C(OH)–C–C–N with tert-alkyl or cyclic N) is 1. The van der Waals surface area contributed by atoms with Gasteiger partial charge in [-0.1, -0.05) is 51.6 Å². The van der Waals surface area contributed by atoms with Gasteiger partial charge in [0.15, 0.2) is 5.69 Å². The van der Waals surface area contributed by atoms with Crippen molar-refractivity contribution in [1.29, 1.82) is 0 Å². The lowest BCUT2D eigenvalue weighted by Crippen LogP contribution is -2.58. The molecule has 0 aliphatic heterocycles. The first kappa shape index (κ1) is 30.4. The van der Waals surface area contributed by atoms with Crippen molar-refractivity contribution in [3.05, 3.63) is 17.5 Å². The summed E-state index contributed by atoms with van der Waals surface area (Å²) in [6.45, 7) is 9.10. The number of aliphatic hydroxyl groups excluding tert-OH is 1. The second-order valence-corrected chi connectivity index (χ2v) is 14.0.